The summed E-state index contributed by atoms with van der Waals surface area (Å²) in [5, 5.41) is 11.0. The van der Waals surface area contributed by atoms with E-state index in [2.05, 4.69) is 51.6 Å². The first-order valence-corrected chi connectivity index (χ1v) is 10.1. The Morgan fingerprint density at radius 3 is 2.55 bits per heavy atom. The lowest BCUT2D eigenvalue weighted by atomic mass is 10.0. The number of aromatic nitrogens is 2. The van der Waals surface area contributed by atoms with Crippen LogP contribution in [0, 0.1) is 18.6 Å². The van der Waals surface area contributed by atoms with Gasteiger partial charge in [-0.05, 0) is 56.1 Å². The molecule has 29 heavy (non-hydrogen) atoms. The van der Waals surface area contributed by atoms with Crippen molar-refractivity contribution in [1.29, 1.82) is 0 Å². The van der Waals surface area contributed by atoms with Gasteiger partial charge in [0.25, 0.3) is 0 Å². The number of piperidine rings is 1. The van der Waals surface area contributed by atoms with Crippen LogP contribution in [0.2, 0.25) is 0 Å². The molecule has 1 saturated heterocycles. The molecule has 0 spiro atoms. The van der Waals surface area contributed by atoms with Crippen LogP contribution in [0.3, 0.4) is 0 Å². The van der Waals surface area contributed by atoms with Gasteiger partial charge in [-0.1, -0.05) is 35.9 Å². The molecule has 2 aromatic carbocycles. The first-order valence-electron chi connectivity index (χ1n) is 10.1. The third-order valence-electron chi connectivity index (χ3n) is 5.62. The number of aromatic amines is 1. The number of halogens is 2. The van der Waals surface area contributed by atoms with E-state index in [0.29, 0.717) is 12.6 Å². The van der Waals surface area contributed by atoms with Gasteiger partial charge in [-0.3, -0.25) is 10.00 Å². The van der Waals surface area contributed by atoms with E-state index in [1.165, 1.54) is 17.7 Å². The van der Waals surface area contributed by atoms with Gasteiger partial charge in [0, 0.05) is 24.7 Å². The van der Waals surface area contributed by atoms with Gasteiger partial charge in [-0.15, -0.1) is 0 Å². The Hall–Kier alpha value is -2.57. The first kappa shape index (κ1) is 19.7. The fraction of sp³-hybridized carbons (Fsp3) is 0.348. The molecule has 1 aliphatic heterocycles. The van der Waals surface area contributed by atoms with Crippen molar-refractivity contribution in [3.05, 3.63) is 77.0 Å². The van der Waals surface area contributed by atoms with Crippen LogP contribution >= 0.6 is 0 Å². The second-order valence-electron chi connectivity index (χ2n) is 7.82. The molecule has 1 aliphatic rings. The molecule has 1 fully saturated rings. The summed E-state index contributed by atoms with van der Waals surface area (Å²) >= 11 is 0. The van der Waals surface area contributed by atoms with Crippen molar-refractivity contribution in [2.75, 3.05) is 13.1 Å². The van der Waals surface area contributed by atoms with Crippen molar-refractivity contribution in [3.8, 4) is 11.3 Å². The number of nitrogens with zero attached hydrogens (tertiary/aromatic N) is 2. The van der Waals surface area contributed by atoms with Crippen LogP contribution < -0.4 is 5.32 Å². The minimum atomic E-state index is -0.791. The average molecular weight is 396 g/mol. The zero-order valence-corrected chi connectivity index (χ0v) is 16.6. The van der Waals surface area contributed by atoms with Gasteiger partial charge in [0.1, 0.15) is 0 Å². The summed E-state index contributed by atoms with van der Waals surface area (Å²) in [5.74, 6) is -1.57. The first-order chi connectivity index (χ1) is 14.1. The second kappa shape index (κ2) is 8.84. The quantitative estimate of drug-likeness (QED) is 0.648. The number of H-pyrrole nitrogens is 1. The second-order valence-corrected chi connectivity index (χ2v) is 7.82. The number of rotatable bonds is 6. The number of benzene rings is 2. The van der Waals surface area contributed by atoms with Gasteiger partial charge < -0.3 is 5.32 Å². The molecule has 4 nitrogen and oxygen atoms in total. The van der Waals surface area contributed by atoms with Crippen LogP contribution in [-0.2, 0) is 13.1 Å². The molecule has 0 atom stereocenters. The molecule has 0 unspecified atom stereocenters. The SMILES string of the molecule is Cc1ccc(-c2[nH]ncc2CNC2CCN(Cc3ccc(F)c(F)c3)CC2)cc1. The van der Waals surface area contributed by atoms with Crippen molar-refractivity contribution in [2.45, 2.75) is 38.9 Å². The fourth-order valence-corrected chi connectivity index (χ4v) is 3.86. The van der Waals surface area contributed by atoms with Crippen LogP contribution in [0.1, 0.15) is 29.5 Å². The van der Waals surface area contributed by atoms with Crippen molar-refractivity contribution in [1.82, 2.24) is 20.4 Å². The van der Waals surface area contributed by atoms with Gasteiger partial charge in [-0.25, -0.2) is 8.78 Å². The summed E-state index contributed by atoms with van der Waals surface area (Å²) in [6.45, 7) is 5.38. The van der Waals surface area contributed by atoms with E-state index < -0.39 is 11.6 Å². The van der Waals surface area contributed by atoms with Crippen LogP contribution in [0.5, 0.6) is 0 Å². The summed E-state index contributed by atoms with van der Waals surface area (Å²) < 4.78 is 26.5. The van der Waals surface area contributed by atoms with Crippen molar-refractivity contribution in [3.63, 3.8) is 0 Å². The largest absolute Gasteiger partial charge is 0.310 e. The molecule has 0 radical (unpaired) electrons. The maximum Gasteiger partial charge on any atom is 0.159 e. The normalized spacial score (nSPS) is 15.7. The van der Waals surface area contributed by atoms with Gasteiger partial charge in [0.15, 0.2) is 11.6 Å². The Labute approximate surface area is 169 Å². The summed E-state index contributed by atoms with van der Waals surface area (Å²) in [6, 6.07) is 13.0. The van der Waals surface area contributed by atoms with Gasteiger partial charge in [-0.2, -0.15) is 5.10 Å². The number of nitrogens with one attached hydrogen (secondary N) is 2. The van der Waals surface area contributed by atoms with E-state index in [0.717, 1.165) is 54.9 Å². The lowest BCUT2D eigenvalue weighted by Crippen LogP contribution is -2.41. The highest BCUT2D eigenvalue weighted by molar-refractivity contribution is 5.62. The molecule has 1 aromatic heterocycles. The van der Waals surface area contributed by atoms with Gasteiger partial charge >= 0.3 is 0 Å². The van der Waals surface area contributed by atoms with Crippen LogP contribution in [0.15, 0.2) is 48.7 Å². The molecule has 2 N–H and O–H groups in total. The van der Waals surface area contributed by atoms with E-state index in [1.807, 2.05) is 6.20 Å². The topological polar surface area (TPSA) is 44.0 Å². The van der Waals surface area contributed by atoms with Crippen molar-refractivity contribution < 1.29 is 8.78 Å². The lowest BCUT2D eigenvalue weighted by molar-refractivity contribution is 0.190. The molecular weight excluding hydrogens is 370 g/mol. The highest BCUT2D eigenvalue weighted by Crippen LogP contribution is 2.22. The zero-order chi connectivity index (χ0) is 20.2. The predicted molar refractivity (Wildman–Crippen MR) is 110 cm³/mol. The third kappa shape index (κ3) is 4.89. The van der Waals surface area contributed by atoms with E-state index in [4.69, 9.17) is 0 Å². The molecule has 0 bridgehead atoms. The maximum absolute atomic E-state index is 13.4. The Morgan fingerprint density at radius 2 is 1.83 bits per heavy atom. The molecule has 0 amide bonds. The Kier molecular flexibility index (Phi) is 6.02. The summed E-state index contributed by atoms with van der Waals surface area (Å²) in [4.78, 5) is 2.29. The van der Waals surface area contributed by atoms with Crippen molar-refractivity contribution >= 4 is 0 Å². The molecule has 4 rings (SSSR count). The minimum absolute atomic E-state index is 0.442. The van der Waals surface area contributed by atoms with Gasteiger partial charge in [0.2, 0.25) is 0 Å². The Balaban J connectivity index is 1.28. The smallest absolute Gasteiger partial charge is 0.159 e. The Bertz CT molecular complexity index is 944. The van der Waals surface area contributed by atoms with Gasteiger partial charge in [0.05, 0.1) is 11.9 Å². The number of hydrogen-bond donors (Lipinski definition) is 2. The minimum Gasteiger partial charge on any atom is -0.310 e. The van der Waals surface area contributed by atoms with Crippen molar-refractivity contribution in [2.24, 2.45) is 0 Å². The Morgan fingerprint density at radius 1 is 1.07 bits per heavy atom. The summed E-state index contributed by atoms with van der Waals surface area (Å²) in [5.41, 5.74) is 5.43. The molecule has 152 valence electrons. The predicted octanol–water partition coefficient (Wildman–Crippen LogP) is 4.42. The molecule has 6 heteroatoms. The maximum atomic E-state index is 13.4. The highest BCUT2D eigenvalue weighted by Gasteiger charge is 2.20. The molecule has 3 aromatic rings. The molecule has 0 aliphatic carbocycles. The van der Waals surface area contributed by atoms with E-state index in [1.54, 1.807) is 6.07 Å². The molecule has 2 heterocycles. The molecular formula is C23H26F2N4. The third-order valence-corrected chi connectivity index (χ3v) is 5.62. The van der Waals surface area contributed by atoms with Crippen LogP contribution in [0.25, 0.3) is 11.3 Å². The monoisotopic (exact) mass is 396 g/mol. The summed E-state index contributed by atoms with van der Waals surface area (Å²) in [6.07, 6.45) is 3.95. The van der Waals surface area contributed by atoms with E-state index in [9.17, 15) is 8.78 Å². The highest BCUT2D eigenvalue weighted by atomic mass is 19.2. The standard InChI is InChI=1S/C23H26F2N4/c1-16-2-5-18(6-3-16)23-19(14-27-28-23)13-26-20-8-10-29(11-9-20)15-17-4-7-21(24)22(25)12-17/h2-7,12,14,20,26H,8-11,13,15H2,1H3,(H,27,28). The number of aryl methyl sites for hydroxylation is 1. The van der Waals surface area contributed by atoms with Crippen LogP contribution in [-0.4, -0.2) is 34.2 Å². The van der Waals surface area contributed by atoms with E-state index in [-0.39, 0.29) is 0 Å². The van der Waals surface area contributed by atoms with Crippen LogP contribution in [0.4, 0.5) is 8.78 Å². The summed E-state index contributed by atoms with van der Waals surface area (Å²) in [7, 11) is 0. The average Bonchev–Trinajstić information content (AvgIpc) is 3.19. The number of likely N-dealkylation sites (tertiary alicyclic amines) is 1. The van der Waals surface area contributed by atoms with E-state index >= 15 is 0 Å². The zero-order valence-electron chi connectivity index (χ0n) is 16.6. The number of hydrogen-bond acceptors (Lipinski definition) is 3. The molecule has 0 saturated carbocycles. The fourth-order valence-electron chi connectivity index (χ4n) is 3.86. The lowest BCUT2D eigenvalue weighted by Gasteiger charge is -2.32.